The molecular weight excluding hydrogens is 282 g/mol. The number of pyridine rings is 1. The van der Waals surface area contributed by atoms with E-state index in [2.05, 4.69) is 0 Å². The number of nitrogens with zero attached hydrogens (tertiary/aromatic N) is 1. The van der Waals surface area contributed by atoms with Crippen molar-refractivity contribution in [3.8, 4) is 0 Å². The van der Waals surface area contributed by atoms with Crippen LogP contribution in [0.1, 0.15) is 38.9 Å². The summed E-state index contributed by atoms with van der Waals surface area (Å²) in [6, 6.07) is 9.94. The van der Waals surface area contributed by atoms with E-state index in [0.717, 1.165) is 11.1 Å². The van der Waals surface area contributed by atoms with E-state index in [0.29, 0.717) is 10.3 Å². The molecule has 0 aliphatic rings. The second kappa shape index (κ2) is 6.39. The van der Waals surface area contributed by atoms with Crippen molar-refractivity contribution in [2.75, 3.05) is 0 Å². The van der Waals surface area contributed by atoms with E-state index in [1.807, 2.05) is 26.0 Å². The largest absolute Gasteiger partial charge is 0.618 e. The molecule has 2 aromatic rings. The second-order valence-electron chi connectivity index (χ2n) is 5.14. The molecule has 2 rings (SSSR count). The number of ketones is 1. The topological polar surface area (TPSA) is 70.3 Å². The summed E-state index contributed by atoms with van der Waals surface area (Å²) in [6.45, 7) is 5.21. The summed E-state index contributed by atoms with van der Waals surface area (Å²) < 4.78 is 5.53. The average molecular weight is 299 g/mol. The van der Waals surface area contributed by atoms with Crippen LogP contribution in [0.25, 0.3) is 0 Å². The highest BCUT2D eigenvalue weighted by atomic mass is 16.6. The van der Waals surface area contributed by atoms with Gasteiger partial charge in [0.15, 0.2) is 12.3 Å². The lowest BCUT2D eigenvalue weighted by atomic mass is 9.99. The molecule has 5 nitrogen and oxygen atoms in total. The van der Waals surface area contributed by atoms with Crippen LogP contribution in [0.15, 0.2) is 42.6 Å². The van der Waals surface area contributed by atoms with Gasteiger partial charge in [-0.1, -0.05) is 17.7 Å². The van der Waals surface area contributed by atoms with E-state index in [-0.39, 0.29) is 11.5 Å². The third-order valence-corrected chi connectivity index (χ3v) is 3.34. The molecule has 0 spiro atoms. The standard InChI is InChI=1S/C17H17NO4/c1-11-7-8-12(2)14(10-11)16(19)13(3)22-17(20)15-6-4-5-9-18(15)21/h4-10,13H,1-3H3/t13-/m0/s1. The van der Waals surface area contributed by atoms with Crippen molar-refractivity contribution in [2.24, 2.45) is 0 Å². The molecule has 0 unspecified atom stereocenters. The molecule has 114 valence electrons. The van der Waals surface area contributed by atoms with E-state index in [4.69, 9.17) is 4.74 Å². The summed E-state index contributed by atoms with van der Waals surface area (Å²) >= 11 is 0. The third kappa shape index (κ3) is 3.31. The molecule has 5 heteroatoms. The monoisotopic (exact) mass is 299 g/mol. The summed E-state index contributed by atoms with van der Waals surface area (Å²) in [7, 11) is 0. The van der Waals surface area contributed by atoms with Gasteiger partial charge in [-0.25, -0.2) is 4.79 Å². The van der Waals surface area contributed by atoms with Gasteiger partial charge in [-0.3, -0.25) is 4.79 Å². The van der Waals surface area contributed by atoms with E-state index in [1.54, 1.807) is 12.1 Å². The summed E-state index contributed by atoms with van der Waals surface area (Å²) in [5.41, 5.74) is 2.14. The average Bonchev–Trinajstić information content (AvgIpc) is 2.49. The van der Waals surface area contributed by atoms with Gasteiger partial charge in [0.1, 0.15) is 0 Å². The molecule has 1 heterocycles. The first kappa shape index (κ1) is 15.7. The van der Waals surface area contributed by atoms with Crippen LogP contribution in [0, 0.1) is 19.1 Å². The first-order valence-electron chi connectivity index (χ1n) is 6.91. The minimum absolute atomic E-state index is 0.150. The maximum Gasteiger partial charge on any atom is 0.405 e. The normalized spacial score (nSPS) is 11.8. The highest BCUT2D eigenvalue weighted by molar-refractivity contribution is 6.02. The Labute approximate surface area is 128 Å². The predicted molar refractivity (Wildman–Crippen MR) is 80.5 cm³/mol. The van der Waals surface area contributed by atoms with Crippen LogP contribution < -0.4 is 4.73 Å². The van der Waals surface area contributed by atoms with Crippen molar-refractivity contribution in [1.82, 2.24) is 0 Å². The number of aromatic nitrogens is 1. The Bertz CT molecular complexity index is 724. The van der Waals surface area contributed by atoms with Crippen LogP contribution in [0.5, 0.6) is 0 Å². The van der Waals surface area contributed by atoms with Crippen molar-refractivity contribution >= 4 is 11.8 Å². The fourth-order valence-corrected chi connectivity index (χ4v) is 2.08. The summed E-state index contributed by atoms with van der Waals surface area (Å²) in [5.74, 6) is -1.11. The van der Waals surface area contributed by atoms with Gasteiger partial charge >= 0.3 is 11.7 Å². The summed E-state index contributed by atoms with van der Waals surface area (Å²) in [4.78, 5) is 24.4. The van der Waals surface area contributed by atoms with Gasteiger partial charge in [0.05, 0.1) is 0 Å². The van der Waals surface area contributed by atoms with Gasteiger partial charge in [0, 0.05) is 17.7 Å². The number of rotatable bonds is 4. The minimum atomic E-state index is -0.965. The molecule has 1 atom stereocenters. The SMILES string of the molecule is Cc1ccc(C)c(C(=O)[C@H](C)OC(=O)c2cccc[n+]2[O-])c1. The van der Waals surface area contributed by atoms with E-state index in [1.165, 1.54) is 25.3 Å². The van der Waals surface area contributed by atoms with Crippen molar-refractivity contribution in [1.29, 1.82) is 0 Å². The van der Waals surface area contributed by atoms with Crippen LogP contribution in [0.2, 0.25) is 0 Å². The van der Waals surface area contributed by atoms with Crippen molar-refractivity contribution in [3.05, 3.63) is 70.2 Å². The highest BCUT2D eigenvalue weighted by Gasteiger charge is 2.25. The Kier molecular flexibility index (Phi) is 4.56. The minimum Gasteiger partial charge on any atom is -0.618 e. The zero-order valence-corrected chi connectivity index (χ0v) is 12.7. The molecule has 1 aromatic carbocycles. The molecule has 0 bridgehead atoms. The maximum atomic E-state index is 12.4. The van der Waals surface area contributed by atoms with Gasteiger partial charge in [-0.2, -0.15) is 4.73 Å². The fourth-order valence-electron chi connectivity index (χ4n) is 2.08. The Morgan fingerprint density at radius 3 is 2.59 bits per heavy atom. The van der Waals surface area contributed by atoms with Crippen LogP contribution in [0.4, 0.5) is 0 Å². The van der Waals surface area contributed by atoms with Crippen LogP contribution in [-0.2, 0) is 4.74 Å². The van der Waals surface area contributed by atoms with Gasteiger partial charge < -0.3 is 9.94 Å². The quantitative estimate of drug-likeness (QED) is 0.376. The Morgan fingerprint density at radius 1 is 1.18 bits per heavy atom. The molecule has 0 saturated heterocycles. The van der Waals surface area contributed by atoms with Crippen molar-refractivity contribution in [2.45, 2.75) is 26.9 Å². The van der Waals surface area contributed by atoms with Crippen molar-refractivity contribution < 1.29 is 19.1 Å². The molecular formula is C17H17NO4. The number of esters is 1. The lowest BCUT2D eigenvalue weighted by Gasteiger charge is -2.13. The zero-order chi connectivity index (χ0) is 16.3. The number of hydrogen-bond acceptors (Lipinski definition) is 4. The number of carbonyl (C=O) groups is 2. The van der Waals surface area contributed by atoms with E-state index in [9.17, 15) is 14.8 Å². The molecule has 0 aliphatic heterocycles. The van der Waals surface area contributed by atoms with Gasteiger partial charge in [0.25, 0.3) is 0 Å². The number of carbonyl (C=O) groups excluding carboxylic acids is 2. The number of benzene rings is 1. The number of hydrogen-bond donors (Lipinski definition) is 0. The molecule has 0 N–H and O–H groups in total. The van der Waals surface area contributed by atoms with Crippen LogP contribution >= 0.6 is 0 Å². The molecule has 0 amide bonds. The van der Waals surface area contributed by atoms with E-state index < -0.39 is 12.1 Å². The first-order valence-corrected chi connectivity index (χ1v) is 6.91. The Balaban J connectivity index is 2.17. The molecule has 0 saturated carbocycles. The summed E-state index contributed by atoms with van der Waals surface area (Å²) in [6.07, 6.45) is 0.238. The second-order valence-corrected chi connectivity index (χ2v) is 5.14. The van der Waals surface area contributed by atoms with Crippen LogP contribution in [-0.4, -0.2) is 17.9 Å². The van der Waals surface area contributed by atoms with Gasteiger partial charge in [-0.15, -0.1) is 0 Å². The zero-order valence-electron chi connectivity index (χ0n) is 12.7. The number of Topliss-reactive ketones (excluding diaryl/α,β-unsaturated/α-hetero) is 1. The fraction of sp³-hybridized carbons (Fsp3) is 0.235. The predicted octanol–water partition coefficient (Wildman–Crippen LogP) is 2.37. The molecule has 22 heavy (non-hydrogen) atoms. The molecule has 0 aliphatic carbocycles. The Morgan fingerprint density at radius 2 is 1.91 bits per heavy atom. The first-order chi connectivity index (χ1) is 10.4. The number of ether oxygens (including phenoxy) is 1. The Hall–Kier alpha value is -2.69. The third-order valence-electron chi connectivity index (χ3n) is 3.34. The van der Waals surface area contributed by atoms with E-state index >= 15 is 0 Å². The molecule has 0 fully saturated rings. The smallest absolute Gasteiger partial charge is 0.405 e. The van der Waals surface area contributed by atoms with Crippen LogP contribution in [0.3, 0.4) is 0 Å². The van der Waals surface area contributed by atoms with Crippen molar-refractivity contribution in [3.63, 3.8) is 0 Å². The summed E-state index contributed by atoms with van der Waals surface area (Å²) in [5, 5.41) is 11.5. The number of aryl methyl sites for hydroxylation is 2. The maximum absolute atomic E-state index is 12.4. The lowest BCUT2D eigenvalue weighted by Crippen LogP contribution is -2.36. The van der Waals surface area contributed by atoms with Gasteiger partial charge in [-0.05, 0) is 38.5 Å². The van der Waals surface area contributed by atoms with Gasteiger partial charge in [0.2, 0.25) is 5.78 Å². The molecule has 1 aromatic heterocycles. The lowest BCUT2D eigenvalue weighted by molar-refractivity contribution is -0.608. The molecule has 0 radical (unpaired) electrons. The highest BCUT2D eigenvalue weighted by Crippen LogP contribution is 2.15.